The van der Waals surface area contributed by atoms with Crippen molar-refractivity contribution in [2.45, 2.75) is 32.5 Å². The van der Waals surface area contributed by atoms with E-state index in [4.69, 9.17) is 11.1 Å². The topological polar surface area (TPSA) is 94.2 Å². The van der Waals surface area contributed by atoms with Gasteiger partial charge >= 0.3 is 0 Å². The average Bonchev–Trinajstić information content (AvgIpc) is 2.66. The van der Waals surface area contributed by atoms with Crippen LogP contribution in [0.15, 0.2) is 48.5 Å². The van der Waals surface area contributed by atoms with Crippen LogP contribution in [0, 0.1) is 12.3 Å². The summed E-state index contributed by atoms with van der Waals surface area (Å²) in [6.45, 7) is 3.46. The number of nitrogens with zero attached hydrogens (tertiary/aromatic N) is 1. The molecule has 2 aromatic rings. The maximum absolute atomic E-state index is 12.3. The molecule has 0 heterocycles. The van der Waals surface area contributed by atoms with E-state index in [1.54, 1.807) is 0 Å². The SMILES string of the molecule is Cc1ccc(CNCCC(=O)NC(Cc2ccc(C(=N)N)cc2)N(C)C)cc1. The molecule has 2 aromatic carbocycles. The molecule has 0 aliphatic rings. The number of amidine groups is 1. The molecule has 0 saturated heterocycles. The largest absolute Gasteiger partial charge is 0.384 e. The Morgan fingerprint density at radius 2 is 1.68 bits per heavy atom. The molecule has 0 aromatic heterocycles. The monoisotopic (exact) mass is 381 g/mol. The summed E-state index contributed by atoms with van der Waals surface area (Å²) in [5.74, 6) is 0.0811. The van der Waals surface area contributed by atoms with E-state index in [2.05, 4.69) is 41.8 Å². The summed E-state index contributed by atoms with van der Waals surface area (Å²) in [5, 5.41) is 13.9. The minimum Gasteiger partial charge on any atom is -0.384 e. The fourth-order valence-corrected chi connectivity index (χ4v) is 2.80. The minimum absolute atomic E-state index is 0.0236. The number of hydrogen-bond acceptors (Lipinski definition) is 4. The fraction of sp³-hybridized carbons (Fsp3) is 0.364. The van der Waals surface area contributed by atoms with Gasteiger partial charge in [-0.15, -0.1) is 0 Å². The van der Waals surface area contributed by atoms with Crippen LogP contribution in [0.2, 0.25) is 0 Å². The first kappa shape index (κ1) is 21.6. The zero-order chi connectivity index (χ0) is 20.5. The van der Waals surface area contributed by atoms with Crippen LogP contribution in [0.5, 0.6) is 0 Å². The second-order valence-electron chi connectivity index (χ2n) is 7.27. The predicted octanol–water partition coefficient (Wildman–Crippen LogP) is 2.01. The van der Waals surface area contributed by atoms with E-state index in [1.165, 1.54) is 11.1 Å². The third-order valence-corrected chi connectivity index (χ3v) is 4.62. The second-order valence-corrected chi connectivity index (χ2v) is 7.27. The fourth-order valence-electron chi connectivity index (χ4n) is 2.80. The molecular weight excluding hydrogens is 350 g/mol. The average molecular weight is 382 g/mol. The number of nitrogens with one attached hydrogen (secondary N) is 3. The lowest BCUT2D eigenvalue weighted by Crippen LogP contribution is -2.46. The zero-order valence-electron chi connectivity index (χ0n) is 17.0. The third kappa shape index (κ3) is 7.13. The Kier molecular flexibility index (Phi) is 8.17. The number of nitrogen functional groups attached to an aromatic ring is 1. The number of hydrogen-bond donors (Lipinski definition) is 4. The van der Waals surface area contributed by atoms with E-state index < -0.39 is 0 Å². The van der Waals surface area contributed by atoms with Crippen LogP contribution in [0.4, 0.5) is 0 Å². The predicted molar refractivity (Wildman–Crippen MR) is 114 cm³/mol. The van der Waals surface area contributed by atoms with Crippen LogP contribution < -0.4 is 16.4 Å². The molecule has 6 nitrogen and oxygen atoms in total. The third-order valence-electron chi connectivity index (χ3n) is 4.62. The van der Waals surface area contributed by atoms with Gasteiger partial charge in [0, 0.05) is 31.5 Å². The van der Waals surface area contributed by atoms with Crippen molar-refractivity contribution in [1.82, 2.24) is 15.5 Å². The van der Waals surface area contributed by atoms with Crippen LogP contribution in [0.1, 0.15) is 28.7 Å². The van der Waals surface area contributed by atoms with Crippen LogP contribution in [0.25, 0.3) is 0 Å². The Bertz CT molecular complexity index is 769. The Labute approximate surface area is 167 Å². The molecule has 2 rings (SSSR count). The molecule has 0 spiro atoms. The number of rotatable bonds is 10. The highest BCUT2D eigenvalue weighted by Crippen LogP contribution is 2.08. The number of amides is 1. The highest BCUT2D eigenvalue weighted by molar-refractivity contribution is 5.94. The van der Waals surface area contributed by atoms with E-state index in [0.717, 1.165) is 12.1 Å². The number of nitrogens with two attached hydrogens (primary N) is 1. The lowest BCUT2D eigenvalue weighted by Gasteiger charge is -2.25. The first-order valence-corrected chi connectivity index (χ1v) is 9.50. The van der Waals surface area contributed by atoms with E-state index in [9.17, 15) is 4.79 Å². The van der Waals surface area contributed by atoms with Crippen LogP contribution in [-0.2, 0) is 17.8 Å². The molecule has 5 N–H and O–H groups in total. The highest BCUT2D eigenvalue weighted by atomic mass is 16.1. The van der Waals surface area contributed by atoms with Crippen molar-refractivity contribution in [2.75, 3.05) is 20.6 Å². The minimum atomic E-state index is -0.0900. The smallest absolute Gasteiger partial charge is 0.222 e. The van der Waals surface area contributed by atoms with Crippen molar-refractivity contribution < 1.29 is 4.79 Å². The van der Waals surface area contributed by atoms with Crippen LogP contribution in [0.3, 0.4) is 0 Å². The molecule has 1 unspecified atom stereocenters. The van der Waals surface area contributed by atoms with Gasteiger partial charge in [-0.05, 0) is 32.1 Å². The number of aryl methyl sites for hydroxylation is 1. The molecule has 0 aliphatic carbocycles. The summed E-state index contributed by atoms with van der Waals surface area (Å²) in [5.41, 5.74) is 9.74. The van der Waals surface area contributed by atoms with Gasteiger partial charge in [0.15, 0.2) is 0 Å². The number of benzene rings is 2. The van der Waals surface area contributed by atoms with Crippen LogP contribution in [-0.4, -0.2) is 43.4 Å². The molecule has 0 aliphatic heterocycles. The summed E-state index contributed by atoms with van der Waals surface area (Å²) >= 11 is 0. The Morgan fingerprint density at radius 3 is 2.25 bits per heavy atom. The second kappa shape index (κ2) is 10.6. The van der Waals surface area contributed by atoms with Gasteiger partial charge in [-0.2, -0.15) is 0 Å². The molecule has 28 heavy (non-hydrogen) atoms. The van der Waals surface area contributed by atoms with E-state index in [0.29, 0.717) is 24.9 Å². The number of carbonyl (C=O) groups excluding carboxylic acids is 1. The lowest BCUT2D eigenvalue weighted by molar-refractivity contribution is -0.122. The quantitative estimate of drug-likeness (QED) is 0.219. The normalized spacial score (nSPS) is 12.0. The Hall–Kier alpha value is -2.70. The molecule has 1 atom stereocenters. The maximum atomic E-state index is 12.3. The summed E-state index contributed by atoms with van der Waals surface area (Å²) < 4.78 is 0. The molecule has 150 valence electrons. The number of likely N-dealkylation sites (N-methyl/N-ethyl adjacent to an activating group) is 1. The molecule has 0 fully saturated rings. The van der Waals surface area contributed by atoms with Crippen molar-refractivity contribution in [3.8, 4) is 0 Å². The van der Waals surface area contributed by atoms with Gasteiger partial charge in [0.1, 0.15) is 5.84 Å². The van der Waals surface area contributed by atoms with E-state index >= 15 is 0 Å². The molecule has 0 saturated carbocycles. The lowest BCUT2D eigenvalue weighted by atomic mass is 10.1. The Morgan fingerprint density at radius 1 is 1.07 bits per heavy atom. The van der Waals surface area contributed by atoms with Crippen LogP contribution >= 0.6 is 0 Å². The van der Waals surface area contributed by atoms with Crippen molar-refractivity contribution in [2.24, 2.45) is 5.73 Å². The molecule has 1 amide bonds. The van der Waals surface area contributed by atoms with Crippen molar-refractivity contribution in [1.29, 1.82) is 5.41 Å². The van der Waals surface area contributed by atoms with Crippen molar-refractivity contribution in [3.63, 3.8) is 0 Å². The molecular formula is C22H31N5O. The van der Waals surface area contributed by atoms with Gasteiger partial charge in [-0.1, -0.05) is 54.1 Å². The van der Waals surface area contributed by atoms with Gasteiger partial charge in [0.2, 0.25) is 5.91 Å². The van der Waals surface area contributed by atoms with E-state index in [1.807, 2.05) is 43.3 Å². The summed E-state index contributed by atoms with van der Waals surface area (Å²) in [6.07, 6.45) is 1.03. The standard InChI is InChI=1S/C22H31N5O/c1-16-4-6-18(7-5-16)15-25-13-12-21(28)26-20(27(2)3)14-17-8-10-19(11-9-17)22(23)24/h4-11,20,25H,12-15H2,1-3H3,(H3,23,24)(H,26,28). The summed E-state index contributed by atoms with van der Waals surface area (Å²) in [7, 11) is 3.90. The van der Waals surface area contributed by atoms with E-state index in [-0.39, 0.29) is 17.9 Å². The van der Waals surface area contributed by atoms with Gasteiger partial charge < -0.3 is 16.4 Å². The first-order chi connectivity index (χ1) is 13.3. The van der Waals surface area contributed by atoms with Crippen molar-refractivity contribution in [3.05, 3.63) is 70.8 Å². The number of carbonyl (C=O) groups is 1. The zero-order valence-corrected chi connectivity index (χ0v) is 17.0. The first-order valence-electron chi connectivity index (χ1n) is 9.50. The van der Waals surface area contributed by atoms with Gasteiger partial charge in [-0.25, -0.2) is 0 Å². The summed E-state index contributed by atoms with van der Waals surface area (Å²) in [6, 6.07) is 15.9. The van der Waals surface area contributed by atoms with Gasteiger partial charge in [0.25, 0.3) is 0 Å². The highest BCUT2D eigenvalue weighted by Gasteiger charge is 2.15. The Balaban J connectivity index is 1.78. The molecule has 0 bridgehead atoms. The van der Waals surface area contributed by atoms with Gasteiger partial charge in [0.05, 0.1) is 6.17 Å². The molecule has 6 heteroatoms. The molecule has 0 radical (unpaired) electrons. The maximum Gasteiger partial charge on any atom is 0.222 e. The van der Waals surface area contributed by atoms with Gasteiger partial charge in [-0.3, -0.25) is 15.1 Å². The van der Waals surface area contributed by atoms with Crippen molar-refractivity contribution >= 4 is 11.7 Å². The summed E-state index contributed by atoms with van der Waals surface area (Å²) in [4.78, 5) is 14.3.